The Bertz CT molecular complexity index is 563. The third kappa shape index (κ3) is 1.52. The molecule has 98 valence electrons. The maximum Gasteiger partial charge on any atom is 0.335 e. The molecule has 1 aliphatic heterocycles. The lowest BCUT2D eigenvalue weighted by atomic mass is 9.81. The summed E-state index contributed by atoms with van der Waals surface area (Å²) in [4.78, 5) is 16.5. The number of oxime groups is 1. The zero-order chi connectivity index (χ0) is 13.0. The molecular weight excluding hydrogens is 242 g/mol. The van der Waals surface area contributed by atoms with E-state index in [1.54, 1.807) is 12.1 Å². The second-order valence-corrected chi connectivity index (χ2v) is 5.79. The van der Waals surface area contributed by atoms with E-state index in [0.717, 1.165) is 11.3 Å². The normalized spacial score (nSPS) is 34.8. The fourth-order valence-corrected chi connectivity index (χ4v) is 3.98. The molecule has 0 radical (unpaired) electrons. The van der Waals surface area contributed by atoms with E-state index in [4.69, 9.17) is 9.94 Å². The van der Waals surface area contributed by atoms with E-state index in [-0.39, 0.29) is 6.10 Å². The quantitative estimate of drug-likeness (QED) is 0.885. The molecule has 4 heteroatoms. The molecular formula is C15H15NO3. The van der Waals surface area contributed by atoms with Crippen molar-refractivity contribution in [1.82, 2.24) is 0 Å². The van der Waals surface area contributed by atoms with E-state index in [0.29, 0.717) is 23.3 Å². The number of fused-ring (bicyclic) bond motifs is 5. The van der Waals surface area contributed by atoms with Crippen LogP contribution >= 0.6 is 0 Å². The number of hydrogen-bond acceptors (Lipinski definition) is 3. The molecule has 2 unspecified atom stereocenters. The van der Waals surface area contributed by atoms with Gasteiger partial charge in [-0.3, -0.25) is 0 Å². The molecule has 1 heterocycles. The molecule has 2 fully saturated rings. The number of carbonyl (C=O) groups is 1. The molecule has 2 saturated carbocycles. The van der Waals surface area contributed by atoms with Gasteiger partial charge in [0.15, 0.2) is 0 Å². The van der Waals surface area contributed by atoms with E-state index >= 15 is 0 Å². The van der Waals surface area contributed by atoms with Gasteiger partial charge in [0.05, 0.1) is 11.3 Å². The number of hydrogen-bond donors (Lipinski definition) is 1. The molecule has 0 amide bonds. The Kier molecular flexibility index (Phi) is 2.22. The van der Waals surface area contributed by atoms with Crippen LogP contribution in [-0.2, 0) is 4.84 Å². The van der Waals surface area contributed by atoms with E-state index < -0.39 is 5.97 Å². The van der Waals surface area contributed by atoms with Crippen molar-refractivity contribution in [2.45, 2.75) is 25.4 Å². The van der Waals surface area contributed by atoms with Crippen LogP contribution in [0.25, 0.3) is 0 Å². The molecule has 4 nitrogen and oxygen atoms in total. The van der Waals surface area contributed by atoms with Crippen LogP contribution in [0.15, 0.2) is 29.4 Å². The summed E-state index contributed by atoms with van der Waals surface area (Å²) in [5.41, 5.74) is 2.34. The molecule has 0 saturated heterocycles. The number of carboxylic acids is 1. The molecule has 0 aromatic heterocycles. The highest BCUT2D eigenvalue weighted by Gasteiger charge is 2.54. The second kappa shape index (κ2) is 3.83. The molecule has 1 aromatic carbocycles. The summed E-state index contributed by atoms with van der Waals surface area (Å²) in [5, 5.41) is 13.2. The summed E-state index contributed by atoms with van der Waals surface area (Å²) in [5.74, 6) is 0.910. The van der Waals surface area contributed by atoms with Gasteiger partial charge in [0, 0.05) is 5.92 Å². The number of benzene rings is 1. The predicted molar refractivity (Wildman–Crippen MR) is 69.1 cm³/mol. The van der Waals surface area contributed by atoms with Crippen LogP contribution in [0.1, 0.15) is 35.2 Å². The predicted octanol–water partition coefficient (Wildman–Crippen LogP) is 2.53. The largest absolute Gasteiger partial charge is 0.478 e. The first-order valence-electron chi connectivity index (χ1n) is 6.81. The third-order valence-electron chi connectivity index (χ3n) is 4.86. The number of carboxylic acid groups (broad SMARTS) is 1. The minimum Gasteiger partial charge on any atom is -0.478 e. The Morgan fingerprint density at radius 1 is 1.21 bits per heavy atom. The Balaban J connectivity index is 1.64. The van der Waals surface area contributed by atoms with Crippen molar-refractivity contribution in [3.63, 3.8) is 0 Å². The van der Waals surface area contributed by atoms with Gasteiger partial charge in [0.25, 0.3) is 0 Å². The fraction of sp³-hybridized carbons (Fsp3) is 0.467. The molecule has 4 atom stereocenters. The van der Waals surface area contributed by atoms with E-state index in [1.165, 1.54) is 19.3 Å². The van der Waals surface area contributed by atoms with Crippen LogP contribution in [0.3, 0.4) is 0 Å². The molecule has 4 rings (SSSR count). The molecule has 3 aliphatic rings. The highest BCUT2D eigenvalue weighted by Crippen LogP contribution is 2.53. The van der Waals surface area contributed by atoms with Crippen molar-refractivity contribution < 1.29 is 14.7 Å². The number of rotatable bonds is 2. The zero-order valence-corrected chi connectivity index (χ0v) is 10.5. The summed E-state index contributed by atoms with van der Waals surface area (Å²) in [6.07, 6.45) is 4.09. The average molecular weight is 257 g/mol. The van der Waals surface area contributed by atoms with Crippen molar-refractivity contribution in [1.29, 1.82) is 0 Å². The average Bonchev–Trinajstić information content (AvgIpc) is 3.11. The molecule has 0 spiro atoms. The Morgan fingerprint density at radius 2 is 1.95 bits per heavy atom. The first-order valence-corrected chi connectivity index (χ1v) is 6.81. The maximum absolute atomic E-state index is 10.9. The van der Waals surface area contributed by atoms with Crippen LogP contribution in [-0.4, -0.2) is 22.9 Å². The topological polar surface area (TPSA) is 58.9 Å². The molecule has 19 heavy (non-hydrogen) atoms. The molecule has 1 aromatic rings. The van der Waals surface area contributed by atoms with Crippen LogP contribution < -0.4 is 0 Å². The van der Waals surface area contributed by atoms with Gasteiger partial charge in [-0.1, -0.05) is 17.3 Å². The van der Waals surface area contributed by atoms with Crippen molar-refractivity contribution in [3.8, 4) is 0 Å². The SMILES string of the molecule is O=C(O)c1ccc(C2=NOC3C2[C@H]2CC[C@@H]3C2)cc1. The highest BCUT2D eigenvalue weighted by atomic mass is 16.6. The molecule has 1 N–H and O–H groups in total. The van der Waals surface area contributed by atoms with Crippen LogP contribution in [0.2, 0.25) is 0 Å². The van der Waals surface area contributed by atoms with Gasteiger partial charge in [-0.15, -0.1) is 0 Å². The van der Waals surface area contributed by atoms with Gasteiger partial charge in [-0.05, 0) is 48.8 Å². The van der Waals surface area contributed by atoms with Crippen molar-refractivity contribution >= 4 is 11.7 Å². The zero-order valence-electron chi connectivity index (χ0n) is 10.5. The summed E-state index contributed by atoms with van der Waals surface area (Å²) < 4.78 is 0. The summed E-state index contributed by atoms with van der Waals surface area (Å²) in [6, 6.07) is 6.97. The molecule has 2 aliphatic carbocycles. The van der Waals surface area contributed by atoms with Gasteiger partial charge < -0.3 is 9.94 Å². The van der Waals surface area contributed by atoms with Gasteiger partial charge in [-0.25, -0.2) is 4.79 Å². The lowest BCUT2D eigenvalue weighted by molar-refractivity contribution is 0.0275. The minimum absolute atomic E-state index is 0.271. The van der Waals surface area contributed by atoms with Gasteiger partial charge in [-0.2, -0.15) is 0 Å². The van der Waals surface area contributed by atoms with Gasteiger partial charge >= 0.3 is 5.97 Å². The fourth-order valence-electron chi connectivity index (χ4n) is 3.98. The Hall–Kier alpha value is -1.84. The Labute approximate surface area is 111 Å². The smallest absolute Gasteiger partial charge is 0.335 e. The van der Waals surface area contributed by atoms with Crippen molar-refractivity contribution in [2.24, 2.45) is 22.9 Å². The number of nitrogens with zero attached hydrogens (tertiary/aromatic N) is 1. The minimum atomic E-state index is -0.894. The van der Waals surface area contributed by atoms with Crippen LogP contribution in [0.5, 0.6) is 0 Å². The first kappa shape index (κ1) is 11.0. The number of aromatic carboxylic acids is 1. The van der Waals surface area contributed by atoms with Crippen LogP contribution in [0.4, 0.5) is 0 Å². The van der Waals surface area contributed by atoms with Crippen molar-refractivity contribution in [3.05, 3.63) is 35.4 Å². The summed E-state index contributed by atoms with van der Waals surface area (Å²) >= 11 is 0. The second-order valence-electron chi connectivity index (χ2n) is 5.79. The first-order chi connectivity index (χ1) is 9.24. The highest BCUT2D eigenvalue weighted by molar-refractivity contribution is 6.04. The summed E-state index contributed by atoms with van der Waals surface area (Å²) in [6.45, 7) is 0. The molecule has 2 bridgehead atoms. The van der Waals surface area contributed by atoms with E-state index in [2.05, 4.69) is 5.16 Å². The Morgan fingerprint density at radius 3 is 2.68 bits per heavy atom. The summed E-state index contributed by atoms with van der Waals surface area (Å²) in [7, 11) is 0. The standard InChI is InChI=1S/C15H15NO3/c17-15(18)9-3-1-8(2-4-9)13-12-10-5-6-11(7-10)14(12)19-16-13/h1-4,10-12,14H,5-7H2,(H,17,18)/t10-,11+,12?,14?/m0/s1. The lowest BCUT2D eigenvalue weighted by Crippen LogP contribution is -2.29. The van der Waals surface area contributed by atoms with Crippen LogP contribution in [0, 0.1) is 17.8 Å². The van der Waals surface area contributed by atoms with Gasteiger partial charge in [0.1, 0.15) is 6.10 Å². The third-order valence-corrected chi connectivity index (χ3v) is 4.86. The van der Waals surface area contributed by atoms with Gasteiger partial charge in [0.2, 0.25) is 0 Å². The van der Waals surface area contributed by atoms with E-state index in [9.17, 15) is 4.79 Å². The van der Waals surface area contributed by atoms with E-state index in [1.807, 2.05) is 12.1 Å². The monoisotopic (exact) mass is 257 g/mol. The van der Waals surface area contributed by atoms with Crippen molar-refractivity contribution in [2.75, 3.05) is 0 Å². The lowest BCUT2D eigenvalue weighted by Gasteiger charge is -2.23. The maximum atomic E-state index is 10.9.